The quantitative estimate of drug-likeness (QED) is 0.105. The number of rotatable bonds is 12. The Hall–Kier alpha value is -6.97. The van der Waals surface area contributed by atoms with Crippen molar-refractivity contribution in [3.63, 3.8) is 0 Å². The number of nitrogens with one attached hydrogen (secondary N) is 3. The zero-order valence-electron chi connectivity index (χ0n) is 35.4. The average Bonchev–Trinajstić information content (AvgIpc) is 4.17. The van der Waals surface area contributed by atoms with E-state index in [4.69, 9.17) is 14.7 Å². The number of benzene rings is 4. The number of likely N-dealkylation sites (tertiary alicyclic amines) is 2. The Labute approximate surface area is 362 Å². The lowest BCUT2D eigenvalue weighted by Gasteiger charge is -2.34. The van der Waals surface area contributed by atoms with E-state index in [1.807, 2.05) is 120 Å². The Morgan fingerprint density at radius 1 is 0.694 bits per heavy atom. The molecular formula is C50H52N8O4. The molecule has 3 N–H and O–H groups in total. The molecular weight excluding hydrogens is 777 g/mol. The number of hydrogen-bond acceptors (Lipinski definition) is 7. The summed E-state index contributed by atoms with van der Waals surface area (Å²) in [5, 5.41) is 2.71. The molecule has 12 nitrogen and oxygen atoms in total. The van der Waals surface area contributed by atoms with Gasteiger partial charge >= 0.3 is 6.09 Å². The summed E-state index contributed by atoms with van der Waals surface area (Å²) < 4.78 is 4.83. The van der Waals surface area contributed by atoms with Gasteiger partial charge in [0.2, 0.25) is 5.91 Å². The summed E-state index contributed by atoms with van der Waals surface area (Å²) in [6, 6.07) is 33.8. The van der Waals surface area contributed by atoms with Gasteiger partial charge in [-0.05, 0) is 85.3 Å². The van der Waals surface area contributed by atoms with Crippen LogP contribution in [0.5, 0.6) is 0 Å². The average molecular weight is 829 g/mol. The van der Waals surface area contributed by atoms with E-state index in [9.17, 15) is 14.4 Å². The summed E-state index contributed by atoms with van der Waals surface area (Å²) >= 11 is 0. The number of H-pyrrole nitrogens is 2. The third kappa shape index (κ3) is 9.04. The Morgan fingerprint density at radius 3 is 1.63 bits per heavy atom. The van der Waals surface area contributed by atoms with Gasteiger partial charge in [-0.25, -0.2) is 14.8 Å². The smallest absolute Gasteiger partial charge is 0.407 e. The molecule has 2 aliphatic heterocycles. The van der Waals surface area contributed by atoms with Crippen molar-refractivity contribution in [2.45, 2.75) is 63.7 Å². The summed E-state index contributed by atoms with van der Waals surface area (Å²) in [5.41, 5.74) is 7.16. The van der Waals surface area contributed by atoms with Crippen molar-refractivity contribution in [3.8, 4) is 34.4 Å². The first-order chi connectivity index (χ1) is 30.3. The van der Waals surface area contributed by atoms with E-state index in [2.05, 4.69) is 45.9 Å². The second kappa shape index (κ2) is 19.2. The Balaban J connectivity index is 0.905. The molecule has 12 heteroatoms. The number of imidazole rings is 2. The van der Waals surface area contributed by atoms with Gasteiger partial charge in [0.05, 0.1) is 43.0 Å². The molecule has 0 spiro atoms. The normalized spacial score (nSPS) is 17.0. The van der Waals surface area contributed by atoms with E-state index in [0.29, 0.717) is 24.5 Å². The molecule has 0 saturated carbocycles. The molecule has 3 amide bonds. The van der Waals surface area contributed by atoms with Gasteiger partial charge in [-0.3, -0.25) is 14.5 Å². The maximum Gasteiger partial charge on any atom is 0.407 e. The topological polar surface area (TPSA) is 140 Å². The van der Waals surface area contributed by atoms with Gasteiger partial charge in [0, 0.05) is 24.2 Å². The molecule has 0 aliphatic carbocycles. The van der Waals surface area contributed by atoms with Gasteiger partial charge in [-0.1, -0.05) is 111 Å². The summed E-state index contributed by atoms with van der Waals surface area (Å²) in [6.07, 6.45) is 6.36. The number of alkyl carbamates (subject to hydrolysis) is 1. The van der Waals surface area contributed by atoms with Gasteiger partial charge in [0.15, 0.2) is 0 Å². The fraction of sp³-hybridized carbons (Fsp3) is 0.300. The van der Waals surface area contributed by atoms with Crippen LogP contribution >= 0.6 is 0 Å². The minimum absolute atomic E-state index is 0.102. The van der Waals surface area contributed by atoms with Gasteiger partial charge in [-0.15, -0.1) is 0 Å². The fourth-order valence-corrected chi connectivity index (χ4v) is 8.71. The number of aromatic amines is 2. The van der Waals surface area contributed by atoms with Crippen molar-refractivity contribution >= 4 is 17.9 Å². The first-order valence-corrected chi connectivity index (χ1v) is 21.5. The van der Waals surface area contributed by atoms with E-state index < -0.39 is 12.1 Å². The van der Waals surface area contributed by atoms with E-state index in [0.717, 1.165) is 83.8 Å². The number of methoxy groups -OCH3 is 1. The van der Waals surface area contributed by atoms with E-state index >= 15 is 0 Å². The lowest BCUT2D eigenvalue weighted by molar-refractivity contribution is -0.138. The van der Waals surface area contributed by atoms with Crippen LogP contribution in [-0.4, -0.2) is 85.8 Å². The van der Waals surface area contributed by atoms with Crippen LogP contribution in [-0.2, 0) is 14.3 Å². The molecule has 8 rings (SSSR count). The van der Waals surface area contributed by atoms with Crippen molar-refractivity contribution in [2.75, 3.05) is 33.3 Å². The largest absolute Gasteiger partial charge is 0.453 e. The molecule has 6 aromatic rings. The highest BCUT2D eigenvalue weighted by molar-refractivity contribution is 5.87. The lowest BCUT2D eigenvalue weighted by atomic mass is 10.0. The Bertz CT molecular complexity index is 2520. The number of likely N-dealkylation sites (N-methyl/N-ethyl adjacent to an activating group) is 1. The highest BCUT2D eigenvalue weighted by Crippen LogP contribution is 2.36. The zero-order valence-corrected chi connectivity index (χ0v) is 35.4. The summed E-state index contributed by atoms with van der Waals surface area (Å²) in [5.74, 6) is 8.00. The molecule has 0 bridgehead atoms. The second-order valence-electron chi connectivity index (χ2n) is 15.7. The van der Waals surface area contributed by atoms with Crippen molar-refractivity contribution in [1.29, 1.82) is 0 Å². The second-order valence-corrected chi connectivity index (χ2v) is 15.7. The van der Waals surface area contributed by atoms with Crippen LogP contribution in [0.25, 0.3) is 22.5 Å². The van der Waals surface area contributed by atoms with E-state index in [1.54, 1.807) is 11.1 Å². The highest BCUT2D eigenvalue weighted by Gasteiger charge is 2.39. The first-order valence-electron chi connectivity index (χ1n) is 21.5. The third-order valence-electron chi connectivity index (χ3n) is 12.0. The van der Waals surface area contributed by atoms with Crippen LogP contribution in [0.2, 0.25) is 0 Å². The number of aromatic nitrogens is 4. The number of hydrogen-bond donors (Lipinski definition) is 3. The van der Waals surface area contributed by atoms with Crippen LogP contribution in [0, 0.1) is 11.8 Å². The summed E-state index contributed by atoms with van der Waals surface area (Å²) in [4.78, 5) is 62.8. The van der Waals surface area contributed by atoms with Crippen molar-refractivity contribution in [2.24, 2.45) is 0 Å². The highest BCUT2D eigenvalue weighted by atomic mass is 16.5. The molecule has 4 aromatic carbocycles. The number of carbonyl (C=O) groups excluding carboxylic acids is 3. The molecule has 2 saturated heterocycles. The maximum absolute atomic E-state index is 14.2. The van der Waals surface area contributed by atoms with Crippen LogP contribution in [0.4, 0.5) is 4.79 Å². The summed E-state index contributed by atoms with van der Waals surface area (Å²) in [6.45, 7) is 7.06. The van der Waals surface area contributed by atoms with Crippen molar-refractivity contribution < 1.29 is 19.1 Å². The van der Waals surface area contributed by atoms with Gasteiger partial charge < -0.3 is 29.8 Å². The molecule has 4 atom stereocenters. The number of nitrogens with zero attached hydrogens (tertiary/aromatic N) is 5. The van der Waals surface area contributed by atoms with Crippen LogP contribution in [0.1, 0.15) is 97.6 Å². The number of carbonyl (C=O) groups is 3. The minimum Gasteiger partial charge on any atom is -0.453 e. The van der Waals surface area contributed by atoms with Crippen molar-refractivity contribution in [1.82, 2.24) is 40.0 Å². The first kappa shape index (κ1) is 41.8. The van der Waals surface area contributed by atoms with Crippen LogP contribution in [0.3, 0.4) is 0 Å². The zero-order chi connectivity index (χ0) is 43.0. The monoisotopic (exact) mass is 828 g/mol. The molecule has 316 valence electrons. The van der Waals surface area contributed by atoms with Crippen LogP contribution in [0.15, 0.2) is 122 Å². The fourth-order valence-electron chi connectivity index (χ4n) is 8.71. The third-order valence-corrected chi connectivity index (χ3v) is 12.0. The van der Waals surface area contributed by atoms with Gasteiger partial charge in [0.25, 0.3) is 5.91 Å². The van der Waals surface area contributed by atoms with Crippen molar-refractivity contribution in [3.05, 3.63) is 155 Å². The number of ether oxygens (including phenoxy) is 1. The maximum atomic E-state index is 14.2. The molecule has 4 heterocycles. The molecule has 0 radical (unpaired) electrons. The van der Waals surface area contributed by atoms with Gasteiger partial charge in [-0.2, -0.15) is 0 Å². The van der Waals surface area contributed by atoms with E-state index in [-0.39, 0.29) is 29.9 Å². The number of amides is 3. The SMILES string of the molecule is CCN(CC)[C@H](C(=O)N1CCC[C@@H]1c1ncc(-c2ccc(C#Cc3ccc(-c4cnc([C@H]5CCCN5C(=O)[C@@H](NC(=O)OC)c5ccccc5)[nH]4)cc3)cc2)[nH]1)c1ccccc1. The minimum atomic E-state index is -0.876. The molecule has 2 aliphatic rings. The molecule has 2 fully saturated rings. The molecule has 2 aromatic heterocycles. The lowest BCUT2D eigenvalue weighted by Crippen LogP contribution is -2.43. The standard InChI is InChI=1S/C50H52N8O4/c1-4-56(5-2)45(39-16-10-7-11-17-39)49(60)58-31-13-19-43(58)47-52-33-41(54-47)37-28-24-35(25-29-37)21-20-34-22-26-36(27-23-34)40-32-51-46(53-40)42-18-12-30-57(42)48(59)44(55-50(61)62-3)38-14-8-6-9-15-38/h6-11,14-17,22-29,32-33,42-45H,4-5,12-13,18-19,30-31H2,1-3H3,(H,51,53)(H,52,54)(H,55,61)/t42-,43-,44+,45+/m1/s1. The van der Waals surface area contributed by atoms with Gasteiger partial charge in [0.1, 0.15) is 23.7 Å². The predicted molar refractivity (Wildman–Crippen MR) is 238 cm³/mol. The Morgan fingerprint density at radius 2 is 1.16 bits per heavy atom. The Kier molecular flexibility index (Phi) is 12.9. The molecule has 62 heavy (non-hydrogen) atoms. The summed E-state index contributed by atoms with van der Waals surface area (Å²) in [7, 11) is 1.28. The molecule has 0 unspecified atom stereocenters. The van der Waals surface area contributed by atoms with Crippen LogP contribution < -0.4 is 5.32 Å². The predicted octanol–water partition coefficient (Wildman–Crippen LogP) is 8.37. The van der Waals surface area contributed by atoms with E-state index in [1.165, 1.54) is 7.11 Å².